The zero-order valence-corrected chi connectivity index (χ0v) is 61.2. The Hall–Kier alpha value is -2.32. The van der Waals surface area contributed by atoms with Gasteiger partial charge in [-0.1, -0.05) is 369 Å². The van der Waals surface area contributed by atoms with Gasteiger partial charge >= 0.3 is 0 Å². The molecule has 8 nitrogen and oxygen atoms in total. The van der Waals surface area contributed by atoms with E-state index in [1.54, 1.807) is 6.08 Å². The third-order valence-corrected chi connectivity index (χ3v) is 18.5. The van der Waals surface area contributed by atoms with E-state index in [4.69, 9.17) is 9.05 Å². The number of phosphoric ester groups is 1. The number of likely N-dealkylation sites (N-methyl/N-ethyl adjacent to an activating group) is 1. The molecule has 526 valence electrons. The molecule has 0 aliphatic heterocycles. The summed E-state index contributed by atoms with van der Waals surface area (Å²) in [6.07, 6.45) is 102. The zero-order chi connectivity index (χ0) is 65.5. The van der Waals surface area contributed by atoms with E-state index in [0.717, 1.165) is 70.6 Å². The minimum atomic E-state index is -4.62. The van der Waals surface area contributed by atoms with Crippen LogP contribution < -0.4 is 10.2 Å². The molecular formula is C81H151N2O6P. The second-order valence-corrected chi connectivity index (χ2v) is 29.1. The predicted octanol–water partition coefficient (Wildman–Crippen LogP) is 24.8. The molecule has 9 heteroatoms. The predicted molar refractivity (Wildman–Crippen MR) is 394 cm³/mol. The molecule has 2 N–H and O–H groups in total. The van der Waals surface area contributed by atoms with E-state index in [1.165, 1.54) is 283 Å². The van der Waals surface area contributed by atoms with Gasteiger partial charge in [-0.25, -0.2) is 0 Å². The molecule has 0 aromatic heterocycles. The number of rotatable bonds is 72. The van der Waals surface area contributed by atoms with Crippen LogP contribution in [0.2, 0.25) is 0 Å². The number of phosphoric acid groups is 1. The molecule has 0 saturated heterocycles. The number of aliphatic hydroxyl groups excluding tert-OH is 1. The van der Waals surface area contributed by atoms with Gasteiger partial charge in [-0.3, -0.25) is 9.36 Å². The van der Waals surface area contributed by atoms with E-state index in [0.29, 0.717) is 17.4 Å². The lowest BCUT2D eigenvalue weighted by atomic mass is 10.0. The molecule has 0 aromatic carbocycles. The van der Waals surface area contributed by atoms with Crippen molar-refractivity contribution in [1.82, 2.24) is 5.32 Å². The summed E-state index contributed by atoms with van der Waals surface area (Å²) in [6.45, 7) is 4.56. The van der Waals surface area contributed by atoms with Crippen molar-refractivity contribution in [1.29, 1.82) is 0 Å². The van der Waals surface area contributed by atoms with Crippen LogP contribution in [-0.2, 0) is 18.4 Å². The molecule has 0 aliphatic carbocycles. The summed E-state index contributed by atoms with van der Waals surface area (Å²) < 4.78 is 23.5. The molecule has 0 radical (unpaired) electrons. The molecule has 0 rings (SSSR count). The fourth-order valence-electron chi connectivity index (χ4n) is 11.6. The smallest absolute Gasteiger partial charge is 0.268 e. The van der Waals surface area contributed by atoms with Crippen molar-refractivity contribution in [2.45, 2.75) is 386 Å². The maximum Gasteiger partial charge on any atom is 0.268 e. The first-order chi connectivity index (χ1) is 44.0. The highest BCUT2D eigenvalue weighted by Gasteiger charge is 2.23. The van der Waals surface area contributed by atoms with Crippen LogP contribution in [0.3, 0.4) is 0 Å². The van der Waals surface area contributed by atoms with Gasteiger partial charge in [-0.15, -0.1) is 0 Å². The number of unbranched alkanes of at least 4 members (excludes halogenated alkanes) is 47. The summed E-state index contributed by atoms with van der Waals surface area (Å²) in [7, 11) is 1.25. The van der Waals surface area contributed by atoms with E-state index in [-0.39, 0.29) is 12.5 Å². The number of carbonyl (C=O) groups is 1. The summed E-state index contributed by atoms with van der Waals surface area (Å²) in [4.78, 5) is 25.7. The van der Waals surface area contributed by atoms with Crippen molar-refractivity contribution in [2.24, 2.45) is 0 Å². The largest absolute Gasteiger partial charge is 0.756 e. The molecule has 90 heavy (non-hydrogen) atoms. The lowest BCUT2D eigenvalue weighted by Gasteiger charge is -2.29. The molecule has 0 fully saturated rings. The first kappa shape index (κ1) is 87.7. The summed E-state index contributed by atoms with van der Waals surface area (Å²) >= 11 is 0. The number of carbonyl (C=O) groups excluding carboxylic acids is 1. The number of hydrogen-bond donors (Lipinski definition) is 2. The Labute approximate surface area is 560 Å². The molecule has 3 unspecified atom stereocenters. The number of nitrogens with zero attached hydrogens (tertiary/aromatic N) is 1. The molecular weight excluding hydrogens is 1130 g/mol. The number of allylic oxidation sites excluding steroid dienone is 13. The highest BCUT2D eigenvalue weighted by Crippen LogP contribution is 2.38. The number of nitrogens with one attached hydrogen (secondary N) is 1. The third kappa shape index (κ3) is 73.1. The van der Waals surface area contributed by atoms with Gasteiger partial charge in [0.15, 0.2) is 0 Å². The lowest BCUT2D eigenvalue weighted by Crippen LogP contribution is -2.45. The molecule has 3 atom stereocenters. The number of hydrogen-bond acceptors (Lipinski definition) is 6. The Kier molecular flexibility index (Phi) is 69.2. The topological polar surface area (TPSA) is 108 Å². The number of aliphatic hydroxyl groups is 1. The SMILES string of the molecule is CC/C=C\C/C=C\C/C=C\C/C=C\CCCCCCCCCCCCCCCCCCCCCCCCCCC(=O)NC(COP(=O)([O-])OCC[N+](C)(C)C)C(O)/C=C/CC/C=C/CC/C=C/CCCCCCCCCCCCCCCCCCCCCCC. The molecule has 1 amide bonds. The molecule has 0 spiro atoms. The lowest BCUT2D eigenvalue weighted by molar-refractivity contribution is -0.870. The third-order valence-electron chi connectivity index (χ3n) is 17.6. The van der Waals surface area contributed by atoms with Gasteiger partial charge in [-0.2, -0.15) is 0 Å². The molecule has 0 heterocycles. The van der Waals surface area contributed by atoms with Crippen LogP contribution in [0.1, 0.15) is 373 Å². The molecule has 0 saturated carbocycles. The maximum absolute atomic E-state index is 13.1. The van der Waals surface area contributed by atoms with E-state index < -0.39 is 26.6 Å². The van der Waals surface area contributed by atoms with Gasteiger partial charge in [-0.05, 0) is 83.5 Å². The van der Waals surface area contributed by atoms with Crippen molar-refractivity contribution in [3.05, 3.63) is 85.1 Å². The first-order valence-corrected chi connectivity index (χ1v) is 40.4. The second-order valence-electron chi connectivity index (χ2n) is 27.7. The van der Waals surface area contributed by atoms with Crippen LogP contribution in [0.15, 0.2) is 85.1 Å². The van der Waals surface area contributed by atoms with Gasteiger partial charge in [0.25, 0.3) is 7.82 Å². The fraction of sp³-hybridized carbons (Fsp3) is 0.815. The van der Waals surface area contributed by atoms with Gasteiger partial charge in [0.05, 0.1) is 39.9 Å². The average molecular weight is 1280 g/mol. The summed E-state index contributed by atoms with van der Waals surface area (Å²) in [5.74, 6) is -0.206. The molecule has 0 bridgehead atoms. The molecule has 0 aromatic rings. The van der Waals surface area contributed by atoms with E-state index in [2.05, 4.69) is 92.1 Å². The van der Waals surface area contributed by atoms with Crippen molar-refractivity contribution in [3.8, 4) is 0 Å². The standard InChI is InChI=1S/C81H151N2O6P/c1-6-8-10-12-14-16-18-20-22-24-26-28-30-32-34-36-38-39-40-41-42-43-45-47-49-51-53-55-57-59-61-63-65-67-69-71-73-75-81(85)82-79(78-89-90(86,87)88-77-76-83(3,4)5)80(84)74-72-70-68-66-64-62-60-58-56-54-52-50-48-46-44-37-35-33-31-29-27-25-23-21-19-17-15-13-11-9-7-2/h8,10,14,16,20,22,26,28,56,58,64,66,72,74,79-80,84H,6-7,9,11-13,15,17-19,21,23-25,27,29-55,57,59-63,65,67-71,73,75-78H2,1-5H3,(H-,82,85,86,87)/b10-8-,16-14-,22-20-,28-26-,58-56+,66-64+,74-72+. The van der Waals surface area contributed by atoms with Gasteiger partial charge in [0, 0.05) is 6.42 Å². The van der Waals surface area contributed by atoms with Gasteiger partial charge in [0.2, 0.25) is 5.91 Å². The monoisotopic (exact) mass is 1280 g/mol. The second kappa shape index (κ2) is 71.0. The highest BCUT2D eigenvalue weighted by atomic mass is 31.2. The Morgan fingerprint density at radius 2 is 0.689 bits per heavy atom. The van der Waals surface area contributed by atoms with Crippen LogP contribution in [0.25, 0.3) is 0 Å². The summed E-state index contributed by atoms with van der Waals surface area (Å²) in [5.41, 5.74) is 0. The number of quaternary nitrogens is 1. The van der Waals surface area contributed by atoms with Crippen molar-refractivity contribution < 1.29 is 32.9 Å². The van der Waals surface area contributed by atoms with Crippen LogP contribution in [0.4, 0.5) is 0 Å². The van der Waals surface area contributed by atoms with Crippen molar-refractivity contribution >= 4 is 13.7 Å². The highest BCUT2D eigenvalue weighted by molar-refractivity contribution is 7.45. The Morgan fingerprint density at radius 3 is 1.03 bits per heavy atom. The first-order valence-electron chi connectivity index (χ1n) is 38.9. The fourth-order valence-corrected chi connectivity index (χ4v) is 12.3. The average Bonchev–Trinajstić information content (AvgIpc) is 3.18. The Bertz CT molecular complexity index is 1750. The number of amides is 1. The summed E-state index contributed by atoms with van der Waals surface area (Å²) in [5, 5.41) is 14.0. The van der Waals surface area contributed by atoms with Gasteiger partial charge < -0.3 is 28.8 Å². The van der Waals surface area contributed by atoms with Crippen LogP contribution in [0, 0.1) is 0 Å². The zero-order valence-electron chi connectivity index (χ0n) is 60.3. The summed E-state index contributed by atoms with van der Waals surface area (Å²) in [6, 6.07) is -0.914. The van der Waals surface area contributed by atoms with E-state index in [9.17, 15) is 19.4 Å². The van der Waals surface area contributed by atoms with Crippen molar-refractivity contribution in [3.63, 3.8) is 0 Å². The Morgan fingerprint density at radius 1 is 0.400 bits per heavy atom. The van der Waals surface area contributed by atoms with Crippen LogP contribution in [-0.4, -0.2) is 68.5 Å². The van der Waals surface area contributed by atoms with Gasteiger partial charge in [0.1, 0.15) is 13.2 Å². The van der Waals surface area contributed by atoms with E-state index in [1.807, 2.05) is 27.2 Å². The quantitative estimate of drug-likeness (QED) is 0.0272. The normalized spacial score (nSPS) is 14.0. The maximum atomic E-state index is 13.1. The van der Waals surface area contributed by atoms with Crippen molar-refractivity contribution in [2.75, 3.05) is 40.9 Å². The van der Waals surface area contributed by atoms with E-state index >= 15 is 0 Å². The van der Waals surface area contributed by atoms with Crippen LogP contribution in [0.5, 0.6) is 0 Å². The minimum Gasteiger partial charge on any atom is -0.756 e. The minimum absolute atomic E-state index is 0.00948. The van der Waals surface area contributed by atoms with Crippen LogP contribution >= 0.6 is 7.82 Å². The Balaban J connectivity index is 4.02. The molecule has 0 aliphatic rings.